The molecule has 0 aliphatic heterocycles. The van der Waals surface area contributed by atoms with E-state index >= 15 is 0 Å². The summed E-state index contributed by atoms with van der Waals surface area (Å²) in [5, 5.41) is 0. The second-order valence-electron chi connectivity index (χ2n) is 3.24. The van der Waals surface area contributed by atoms with Gasteiger partial charge in [0.2, 0.25) is 0 Å². The first-order valence-corrected chi connectivity index (χ1v) is 5.43. The molecular weight excluding hydrogens is 240 g/mol. The Hall–Kier alpha value is -1.02. The molecule has 14 heavy (non-hydrogen) atoms. The zero-order valence-electron chi connectivity index (χ0n) is 7.91. The number of halogens is 1. The van der Waals surface area contributed by atoms with Crippen molar-refractivity contribution in [2.45, 2.75) is 11.8 Å². The van der Waals surface area contributed by atoms with Crippen molar-refractivity contribution in [1.29, 1.82) is 0 Å². The van der Waals surface area contributed by atoms with E-state index in [4.69, 9.17) is 4.42 Å². The second kappa shape index (κ2) is 4.01. The molecular formula is C12H11BrO. The number of furan rings is 1. The van der Waals surface area contributed by atoms with Crippen molar-refractivity contribution in [2.75, 3.05) is 0 Å². The first-order valence-electron chi connectivity index (χ1n) is 4.52. The summed E-state index contributed by atoms with van der Waals surface area (Å²) in [5.41, 5.74) is 2.39. The third kappa shape index (κ3) is 1.75. The highest BCUT2D eigenvalue weighted by atomic mass is 79.9. The highest BCUT2D eigenvalue weighted by Crippen LogP contribution is 2.32. The Morgan fingerprint density at radius 2 is 1.86 bits per heavy atom. The number of hydrogen-bond acceptors (Lipinski definition) is 1. The molecule has 2 rings (SSSR count). The van der Waals surface area contributed by atoms with Crippen LogP contribution in [0.2, 0.25) is 0 Å². The third-order valence-electron chi connectivity index (χ3n) is 2.22. The Morgan fingerprint density at radius 1 is 1.14 bits per heavy atom. The summed E-state index contributed by atoms with van der Waals surface area (Å²) in [6, 6.07) is 12.2. The minimum absolute atomic E-state index is 0.152. The van der Waals surface area contributed by atoms with E-state index in [1.54, 1.807) is 6.26 Å². The van der Waals surface area contributed by atoms with Crippen LogP contribution in [0.5, 0.6) is 0 Å². The van der Waals surface area contributed by atoms with Crippen molar-refractivity contribution in [1.82, 2.24) is 0 Å². The number of aryl methyl sites for hydroxylation is 1. The SMILES string of the molecule is Cc1ccoc1C(Br)c1ccccc1. The maximum atomic E-state index is 5.43. The predicted molar refractivity (Wildman–Crippen MR) is 60.7 cm³/mol. The molecule has 1 atom stereocenters. The molecule has 0 fully saturated rings. The van der Waals surface area contributed by atoms with E-state index < -0.39 is 0 Å². The average Bonchev–Trinajstić information content (AvgIpc) is 2.65. The molecule has 0 saturated carbocycles. The van der Waals surface area contributed by atoms with Gasteiger partial charge in [0.25, 0.3) is 0 Å². The minimum atomic E-state index is 0.152. The van der Waals surface area contributed by atoms with E-state index in [2.05, 4.69) is 35.0 Å². The van der Waals surface area contributed by atoms with Gasteiger partial charge in [0.05, 0.1) is 11.1 Å². The summed E-state index contributed by atoms with van der Waals surface area (Å²) in [4.78, 5) is 0.152. The van der Waals surface area contributed by atoms with Gasteiger partial charge in [-0.05, 0) is 24.1 Å². The molecule has 0 saturated heterocycles. The van der Waals surface area contributed by atoms with Gasteiger partial charge in [-0.3, -0.25) is 0 Å². The monoisotopic (exact) mass is 250 g/mol. The van der Waals surface area contributed by atoms with E-state index in [0.717, 1.165) is 5.76 Å². The lowest BCUT2D eigenvalue weighted by atomic mass is 10.1. The summed E-state index contributed by atoms with van der Waals surface area (Å²) in [7, 11) is 0. The molecule has 1 nitrogen and oxygen atoms in total. The van der Waals surface area contributed by atoms with Crippen LogP contribution in [0, 0.1) is 6.92 Å². The topological polar surface area (TPSA) is 13.1 Å². The smallest absolute Gasteiger partial charge is 0.124 e. The molecule has 72 valence electrons. The fraction of sp³-hybridized carbons (Fsp3) is 0.167. The van der Waals surface area contributed by atoms with Crippen molar-refractivity contribution in [3.63, 3.8) is 0 Å². The number of hydrogen-bond donors (Lipinski definition) is 0. The summed E-state index contributed by atoms with van der Waals surface area (Å²) < 4.78 is 5.43. The first kappa shape index (κ1) is 9.53. The summed E-state index contributed by atoms with van der Waals surface area (Å²) in [6.45, 7) is 2.05. The third-order valence-corrected chi connectivity index (χ3v) is 3.17. The molecule has 1 aromatic carbocycles. The Labute approximate surface area is 91.9 Å². The Balaban J connectivity index is 2.34. The fourth-order valence-electron chi connectivity index (χ4n) is 1.42. The number of benzene rings is 1. The van der Waals surface area contributed by atoms with Gasteiger partial charge in [0.1, 0.15) is 5.76 Å². The van der Waals surface area contributed by atoms with Gasteiger partial charge >= 0.3 is 0 Å². The van der Waals surface area contributed by atoms with Gasteiger partial charge in [-0.2, -0.15) is 0 Å². The van der Waals surface area contributed by atoms with Crippen LogP contribution in [-0.4, -0.2) is 0 Å². The van der Waals surface area contributed by atoms with Gasteiger partial charge in [0, 0.05) is 0 Å². The molecule has 1 aromatic heterocycles. The second-order valence-corrected chi connectivity index (χ2v) is 4.16. The Morgan fingerprint density at radius 3 is 2.43 bits per heavy atom. The van der Waals surface area contributed by atoms with Crippen LogP contribution in [0.25, 0.3) is 0 Å². The largest absolute Gasteiger partial charge is 0.468 e. The molecule has 0 spiro atoms. The minimum Gasteiger partial charge on any atom is -0.468 e. The van der Waals surface area contributed by atoms with Crippen LogP contribution in [0.1, 0.15) is 21.7 Å². The van der Waals surface area contributed by atoms with Gasteiger partial charge in [-0.25, -0.2) is 0 Å². The summed E-state index contributed by atoms with van der Waals surface area (Å²) >= 11 is 3.63. The summed E-state index contributed by atoms with van der Waals surface area (Å²) in [5.74, 6) is 0.983. The van der Waals surface area contributed by atoms with Crippen LogP contribution in [0.4, 0.5) is 0 Å². The lowest BCUT2D eigenvalue weighted by molar-refractivity contribution is 0.517. The summed E-state index contributed by atoms with van der Waals surface area (Å²) in [6.07, 6.45) is 1.72. The van der Waals surface area contributed by atoms with Gasteiger partial charge in [0.15, 0.2) is 0 Å². The quantitative estimate of drug-likeness (QED) is 0.733. The van der Waals surface area contributed by atoms with Gasteiger partial charge in [-0.15, -0.1) is 0 Å². The molecule has 0 bridgehead atoms. The maximum absolute atomic E-state index is 5.43. The van der Waals surface area contributed by atoms with Gasteiger partial charge < -0.3 is 4.42 Å². The molecule has 0 amide bonds. The number of alkyl halides is 1. The molecule has 0 aliphatic rings. The van der Waals surface area contributed by atoms with E-state index in [0.29, 0.717) is 0 Å². The lowest BCUT2D eigenvalue weighted by Gasteiger charge is -2.07. The van der Waals surface area contributed by atoms with E-state index in [-0.39, 0.29) is 4.83 Å². The van der Waals surface area contributed by atoms with Crippen LogP contribution < -0.4 is 0 Å². The van der Waals surface area contributed by atoms with Crippen LogP contribution in [-0.2, 0) is 0 Å². The van der Waals surface area contributed by atoms with E-state index in [1.165, 1.54) is 11.1 Å². The predicted octanol–water partition coefficient (Wildman–Crippen LogP) is 4.07. The van der Waals surface area contributed by atoms with Crippen LogP contribution >= 0.6 is 15.9 Å². The Kier molecular flexibility index (Phi) is 2.73. The number of rotatable bonds is 2. The highest BCUT2D eigenvalue weighted by molar-refractivity contribution is 9.09. The zero-order chi connectivity index (χ0) is 9.97. The lowest BCUT2D eigenvalue weighted by Crippen LogP contribution is -1.91. The standard InChI is InChI=1S/C12H11BrO/c1-9-7-8-14-12(9)11(13)10-5-3-2-4-6-10/h2-8,11H,1H3. The molecule has 2 heteroatoms. The van der Waals surface area contributed by atoms with Crippen LogP contribution in [0.3, 0.4) is 0 Å². The van der Waals surface area contributed by atoms with Crippen LogP contribution in [0.15, 0.2) is 47.1 Å². The molecule has 0 aliphatic carbocycles. The van der Waals surface area contributed by atoms with Crippen molar-refractivity contribution < 1.29 is 4.42 Å². The fourth-order valence-corrected chi connectivity index (χ4v) is 2.19. The highest BCUT2D eigenvalue weighted by Gasteiger charge is 2.14. The molecule has 0 N–H and O–H groups in total. The van der Waals surface area contributed by atoms with Crippen molar-refractivity contribution in [2.24, 2.45) is 0 Å². The average molecular weight is 251 g/mol. The van der Waals surface area contributed by atoms with Crippen molar-refractivity contribution in [3.8, 4) is 0 Å². The van der Waals surface area contributed by atoms with Crippen molar-refractivity contribution in [3.05, 3.63) is 59.5 Å². The maximum Gasteiger partial charge on any atom is 0.124 e. The molecule has 1 unspecified atom stereocenters. The first-order chi connectivity index (χ1) is 6.79. The molecule has 1 heterocycles. The molecule has 0 radical (unpaired) electrons. The zero-order valence-corrected chi connectivity index (χ0v) is 9.49. The van der Waals surface area contributed by atoms with E-state index in [1.807, 2.05) is 24.3 Å². The Bertz CT molecular complexity index is 405. The normalized spacial score (nSPS) is 12.7. The molecule has 2 aromatic rings. The van der Waals surface area contributed by atoms with Gasteiger partial charge in [-0.1, -0.05) is 46.3 Å². The van der Waals surface area contributed by atoms with Crippen molar-refractivity contribution >= 4 is 15.9 Å². The van der Waals surface area contributed by atoms with E-state index in [9.17, 15) is 0 Å².